The Balaban J connectivity index is 1.57. The van der Waals surface area contributed by atoms with E-state index in [0.29, 0.717) is 13.1 Å². The number of rotatable bonds is 5. The maximum absolute atomic E-state index is 14.4. The predicted octanol–water partition coefficient (Wildman–Crippen LogP) is 3.86. The topological polar surface area (TPSA) is 87.7 Å². The van der Waals surface area contributed by atoms with E-state index in [4.69, 9.17) is 0 Å². The highest BCUT2D eigenvalue weighted by molar-refractivity contribution is 5.92. The van der Waals surface area contributed by atoms with Gasteiger partial charge in [-0.2, -0.15) is 25.6 Å². The lowest BCUT2D eigenvalue weighted by molar-refractivity contribution is 0.0646. The third-order valence-electron chi connectivity index (χ3n) is 7.60. The summed E-state index contributed by atoms with van der Waals surface area (Å²) in [7, 11) is 0. The van der Waals surface area contributed by atoms with Crippen LogP contribution in [0.5, 0.6) is 0 Å². The zero-order valence-corrected chi connectivity index (χ0v) is 18.2. The van der Waals surface area contributed by atoms with E-state index in [1.807, 2.05) is 6.92 Å². The average Bonchev–Trinajstić information content (AvgIpc) is 3.43. The van der Waals surface area contributed by atoms with Crippen LogP contribution in [0.4, 0.5) is 8.78 Å². The first kappa shape index (κ1) is 20.7. The molecule has 0 unspecified atom stereocenters. The number of likely N-dealkylation sites (N-methyl/N-ethyl adjacent to an activating group) is 1. The van der Waals surface area contributed by atoms with Crippen molar-refractivity contribution in [2.24, 2.45) is 5.41 Å². The standard InChI is InChI=1S/C23H24F2N6O/c1-4-31(21(32)18-11-26-30-28-18)12-23-9-8-14(22(23,2)3)13-10-17(27-29-20(13)23)19-15(24)6-5-7-16(19)25/h5-7,10-11,14H,4,8-9,12H2,1-3H3,(H,26,28,30)/t14-,23-/m0/s1. The van der Waals surface area contributed by atoms with Crippen molar-refractivity contribution in [1.82, 2.24) is 30.5 Å². The third kappa shape index (κ3) is 2.73. The van der Waals surface area contributed by atoms with Gasteiger partial charge in [0.25, 0.3) is 5.91 Å². The van der Waals surface area contributed by atoms with Crippen LogP contribution in [0.3, 0.4) is 0 Å². The Labute approximate surface area is 184 Å². The lowest BCUT2D eigenvalue weighted by atomic mass is 9.68. The second-order valence-corrected chi connectivity index (χ2v) is 9.20. The van der Waals surface area contributed by atoms with Gasteiger partial charge in [0.15, 0.2) is 5.69 Å². The van der Waals surface area contributed by atoms with Crippen molar-refractivity contribution in [1.29, 1.82) is 0 Å². The molecule has 1 amide bonds. The van der Waals surface area contributed by atoms with Crippen LogP contribution in [-0.4, -0.2) is 49.5 Å². The first-order valence-electron chi connectivity index (χ1n) is 10.8. The molecule has 0 spiro atoms. The number of amides is 1. The number of carbonyl (C=O) groups excluding carboxylic acids is 1. The molecule has 1 N–H and O–H groups in total. The van der Waals surface area contributed by atoms with Gasteiger partial charge in [0, 0.05) is 18.5 Å². The molecular weight excluding hydrogens is 414 g/mol. The minimum atomic E-state index is -0.660. The number of H-pyrrole nitrogens is 1. The number of halogens is 2. The van der Waals surface area contributed by atoms with E-state index in [2.05, 4.69) is 39.5 Å². The Bertz CT molecular complexity index is 1170. The molecule has 2 aliphatic carbocycles. The first-order chi connectivity index (χ1) is 15.3. The van der Waals surface area contributed by atoms with Crippen molar-refractivity contribution in [3.05, 3.63) is 59.0 Å². The molecule has 1 fully saturated rings. The quantitative estimate of drug-likeness (QED) is 0.654. The van der Waals surface area contributed by atoms with Gasteiger partial charge in [-0.15, -0.1) is 0 Å². The fraction of sp³-hybridized carbons (Fsp3) is 0.435. The van der Waals surface area contributed by atoms with Crippen LogP contribution in [0.25, 0.3) is 11.3 Å². The summed E-state index contributed by atoms with van der Waals surface area (Å²) in [6.45, 7) is 7.27. The molecule has 2 aliphatic rings. The van der Waals surface area contributed by atoms with Gasteiger partial charge >= 0.3 is 0 Å². The van der Waals surface area contributed by atoms with Crippen molar-refractivity contribution in [2.45, 2.75) is 44.9 Å². The molecule has 0 aliphatic heterocycles. The third-order valence-corrected chi connectivity index (χ3v) is 7.60. The molecule has 166 valence electrons. The van der Waals surface area contributed by atoms with Gasteiger partial charge in [0.05, 0.1) is 23.1 Å². The minimum Gasteiger partial charge on any atom is -0.337 e. The lowest BCUT2D eigenvalue weighted by Gasteiger charge is -2.41. The smallest absolute Gasteiger partial charge is 0.276 e. The van der Waals surface area contributed by atoms with E-state index >= 15 is 0 Å². The normalized spacial score (nSPS) is 22.7. The second kappa shape index (κ2) is 7.15. The van der Waals surface area contributed by atoms with E-state index in [1.165, 1.54) is 24.4 Å². The maximum Gasteiger partial charge on any atom is 0.276 e. The van der Waals surface area contributed by atoms with Gasteiger partial charge in [-0.3, -0.25) is 4.79 Å². The van der Waals surface area contributed by atoms with Crippen LogP contribution in [0.15, 0.2) is 30.5 Å². The van der Waals surface area contributed by atoms with Crippen molar-refractivity contribution in [2.75, 3.05) is 13.1 Å². The predicted molar refractivity (Wildman–Crippen MR) is 113 cm³/mol. The Hall–Kier alpha value is -3.23. The fourth-order valence-corrected chi connectivity index (χ4v) is 5.76. The SMILES string of the molecule is CCN(C[C@@]12CC[C@@H](c3cc(-c4c(F)cccc4F)nnc31)C2(C)C)C(=O)c1cn[nH]n1. The summed E-state index contributed by atoms with van der Waals surface area (Å²) in [4.78, 5) is 14.8. The molecule has 2 aromatic heterocycles. The van der Waals surface area contributed by atoms with Gasteiger partial charge in [0.1, 0.15) is 11.6 Å². The largest absolute Gasteiger partial charge is 0.337 e. The zero-order chi connectivity index (χ0) is 22.7. The van der Waals surface area contributed by atoms with Crippen LogP contribution < -0.4 is 0 Å². The molecule has 5 rings (SSSR count). The highest BCUT2D eigenvalue weighted by Gasteiger charge is 2.64. The summed E-state index contributed by atoms with van der Waals surface area (Å²) in [6.07, 6.45) is 3.20. The van der Waals surface area contributed by atoms with Crippen molar-refractivity contribution < 1.29 is 13.6 Å². The van der Waals surface area contributed by atoms with Crippen LogP contribution in [0, 0.1) is 17.0 Å². The average molecular weight is 438 g/mol. The van der Waals surface area contributed by atoms with Crippen LogP contribution in [-0.2, 0) is 5.41 Å². The van der Waals surface area contributed by atoms with Gasteiger partial charge in [0.2, 0.25) is 0 Å². The Morgan fingerprint density at radius 3 is 2.66 bits per heavy atom. The van der Waals surface area contributed by atoms with Gasteiger partial charge in [-0.05, 0) is 54.9 Å². The van der Waals surface area contributed by atoms with E-state index in [9.17, 15) is 13.6 Å². The fourth-order valence-electron chi connectivity index (χ4n) is 5.76. The van der Waals surface area contributed by atoms with Crippen LogP contribution >= 0.6 is 0 Å². The molecule has 2 bridgehead atoms. The number of aromatic nitrogens is 5. The van der Waals surface area contributed by atoms with Crippen LogP contribution in [0.1, 0.15) is 61.3 Å². The van der Waals surface area contributed by atoms with Crippen LogP contribution in [0.2, 0.25) is 0 Å². The zero-order valence-electron chi connectivity index (χ0n) is 18.2. The monoisotopic (exact) mass is 438 g/mol. The van der Waals surface area contributed by atoms with E-state index in [-0.39, 0.29) is 34.2 Å². The summed E-state index contributed by atoms with van der Waals surface area (Å²) in [5, 5.41) is 18.9. The Morgan fingerprint density at radius 2 is 2.00 bits per heavy atom. The Morgan fingerprint density at radius 1 is 1.25 bits per heavy atom. The molecule has 2 heterocycles. The maximum atomic E-state index is 14.4. The molecule has 7 nitrogen and oxygen atoms in total. The van der Waals surface area contributed by atoms with Gasteiger partial charge in [-0.25, -0.2) is 8.78 Å². The molecule has 9 heteroatoms. The van der Waals surface area contributed by atoms with E-state index in [1.54, 1.807) is 11.0 Å². The lowest BCUT2D eigenvalue weighted by Crippen LogP contribution is -2.48. The van der Waals surface area contributed by atoms with E-state index in [0.717, 1.165) is 24.1 Å². The number of hydrogen-bond acceptors (Lipinski definition) is 5. The molecule has 32 heavy (non-hydrogen) atoms. The molecule has 1 saturated carbocycles. The van der Waals surface area contributed by atoms with E-state index < -0.39 is 17.0 Å². The highest BCUT2D eigenvalue weighted by Crippen LogP contribution is 2.67. The van der Waals surface area contributed by atoms with Gasteiger partial charge in [-0.1, -0.05) is 19.9 Å². The molecule has 2 atom stereocenters. The molecular formula is C23H24F2N6O. The second-order valence-electron chi connectivity index (χ2n) is 9.20. The Kier molecular flexibility index (Phi) is 4.61. The summed E-state index contributed by atoms with van der Waals surface area (Å²) in [6, 6.07) is 5.56. The summed E-state index contributed by atoms with van der Waals surface area (Å²) >= 11 is 0. The summed E-state index contributed by atoms with van der Waals surface area (Å²) in [5.41, 5.74) is 1.50. The van der Waals surface area contributed by atoms with Crippen molar-refractivity contribution >= 4 is 5.91 Å². The molecule has 0 saturated heterocycles. The molecule has 1 aromatic carbocycles. The van der Waals surface area contributed by atoms with Crippen molar-refractivity contribution in [3.63, 3.8) is 0 Å². The highest BCUT2D eigenvalue weighted by atomic mass is 19.1. The summed E-state index contributed by atoms with van der Waals surface area (Å²) < 4.78 is 28.8. The number of hydrogen-bond donors (Lipinski definition) is 1. The molecule has 0 radical (unpaired) electrons. The van der Waals surface area contributed by atoms with Gasteiger partial charge < -0.3 is 4.90 Å². The number of fused-ring (bicyclic) bond motifs is 5. The minimum absolute atomic E-state index is 0.158. The van der Waals surface area contributed by atoms with Crippen molar-refractivity contribution in [3.8, 4) is 11.3 Å². The number of aromatic amines is 1. The number of benzene rings is 1. The number of nitrogens with one attached hydrogen (secondary N) is 1. The molecule has 3 aromatic rings. The number of nitrogens with zero attached hydrogens (tertiary/aromatic N) is 5. The first-order valence-corrected chi connectivity index (χ1v) is 10.8. The number of carbonyl (C=O) groups is 1. The summed E-state index contributed by atoms with van der Waals surface area (Å²) in [5.74, 6) is -1.35.